The Bertz CT molecular complexity index is 142. The highest BCUT2D eigenvalue weighted by Gasteiger charge is 2.14. The highest BCUT2D eigenvalue weighted by molar-refractivity contribution is 5.77. The molecule has 0 aromatic carbocycles. The van der Waals surface area contributed by atoms with Crippen molar-refractivity contribution in [3.8, 4) is 0 Å². The standard InChI is InChI=1S/C6H14N4O/c7-6(10-8)9-3-5-1-2-11-4-5/h5H,1-4,8H2,(H3,7,9,10). The van der Waals surface area contributed by atoms with Gasteiger partial charge < -0.3 is 10.5 Å². The minimum atomic E-state index is 0.289. The molecular weight excluding hydrogens is 144 g/mol. The van der Waals surface area contributed by atoms with E-state index in [1.165, 1.54) is 0 Å². The van der Waals surface area contributed by atoms with Crippen LogP contribution in [0.4, 0.5) is 0 Å². The van der Waals surface area contributed by atoms with Gasteiger partial charge in [0.1, 0.15) is 0 Å². The van der Waals surface area contributed by atoms with Crippen LogP contribution in [0.1, 0.15) is 6.42 Å². The van der Waals surface area contributed by atoms with E-state index in [0.29, 0.717) is 12.5 Å². The lowest BCUT2D eigenvalue weighted by Crippen LogP contribution is -2.37. The van der Waals surface area contributed by atoms with E-state index in [0.717, 1.165) is 19.6 Å². The Hall–Kier alpha value is -0.810. The molecule has 0 aromatic rings. The summed E-state index contributed by atoms with van der Waals surface area (Å²) in [4.78, 5) is 4.00. The summed E-state index contributed by atoms with van der Waals surface area (Å²) < 4.78 is 5.16. The van der Waals surface area contributed by atoms with E-state index in [-0.39, 0.29) is 5.96 Å². The van der Waals surface area contributed by atoms with Crippen LogP contribution in [0.15, 0.2) is 4.99 Å². The Kier molecular flexibility index (Phi) is 3.13. The van der Waals surface area contributed by atoms with Gasteiger partial charge in [0.15, 0.2) is 0 Å². The van der Waals surface area contributed by atoms with Crippen molar-refractivity contribution in [2.75, 3.05) is 19.8 Å². The summed E-state index contributed by atoms with van der Waals surface area (Å²) in [5, 5.41) is 0. The van der Waals surface area contributed by atoms with Crippen molar-refractivity contribution in [3.63, 3.8) is 0 Å². The second kappa shape index (κ2) is 4.15. The smallest absolute Gasteiger partial charge is 0.203 e. The first-order valence-electron chi connectivity index (χ1n) is 3.67. The number of nitrogens with two attached hydrogens (primary N) is 2. The first kappa shape index (κ1) is 8.29. The number of nitrogens with one attached hydrogen (secondary N) is 1. The molecule has 1 aliphatic heterocycles. The molecule has 5 N–H and O–H groups in total. The molecule has 1 saturated heterocycles. The molecule has 1 rings (SSSR count). The van der Waals surface area contributed by atoms with Crippen molar-refractivity contribution in [2.45, 2.75) is 6.42 Å². The minimum absolute atomic E-state index is 0.289. The van der Waals surface area contributed by atoms with E-state index >= 15 is 0 Å². The first-order chi connectivity index (χ1) is 5.33. The molecule has 0 spiro atoms. The fourth-order valence-electron chi connectivity index (χ4n) is 1.00. The van der Waals surface area contributed by atoms with Gasteiger partial charge in [-0.05, 0) is 6.42 Å². The highest BCUT2D eigenvalue weighted by atomic mass is 16.5. The number of hydrogen-bond acceptors (Lipinski definition) is 3. The average molecular weight is 158 g/mol. The predicted molar refractivity (Wildman–Crippen MR) is 42.7 cm³/mol. The van der Waals surface area contributed by atoms with Crippen LogP contribution in [0, 0.1) is 5.92 Å². The number of nitrogens with zero attached hydrogens (tertiary/aromatic N) is 1. The summed E-state index contributed by atoms with van der Waals surface area (Å²) in [7, 11) is 0. The molecule has 0 radical (unpaired) electrons. The molecule has 1 aliphatic rings. The van der Waals surface area contributed by atoms with Crippen LogP contribution in [-0.2, 0) is 4.74 Å². The number of guanidine groups is 1. The summed E-state index contributed by atoms with van der Waals surface area (Å²) in [5.41, 5.74) is 7.60. The molecule has 0 saturated carbocycles. The van der Waals surface area contributed by atoms with Crippen molar-refractivity contribution >= 4 is 5.96 Å². The van der Waals surface area contributed by atoms with Gasteiger partial charge in [-0.2, -0.15) is 0 Å². The third-order valence-corrected chi connectivity index (χ3v) is 1.69. The quantitative estimate of drug-likeness (QED) is 0.204. The van der Waals surface area contributed by atoms with Gasteiger partial charge in [-0.3, -0.25) is 10.4 Å². The largest absolute Gasteiger partial charge is 0.381 e. The number of hydrogen-bond donors (Lipinski definition) is 3. The van der Waals surface area contributed by atoms with Crippen molar-refractivity contribution in [1.29, 1.82) is 0 Å². The van der Waals surface area contributed by atoms with E-state index in [4.69, 9.17) is 16.3 Å². The fourth-order valence-corrected chi connectivity index (χ4v) is 1.00. The zero-order valence-corrected chi connectivity index (χ0v) is 6.42. The molecule has 0 amide bonds. The SMILES string of the molecule is NNC(N)=NCC1CCOC1. The monoisotopic (exact) mass is 158 g/mol. The summed E-state index contributed by atoms with van der Waals surface area (Å²) in [6.07, 6.45) is 1.07. The molecule has 0 aromatic heterocycles. The van der Waals surface area contributed by atoms with E-state index in [1.807, 2.05) is 0 Å². The van der Waals surface area contributed by atoms with Crippen LogP contribution in [0.25, 0.3) is 0 Å². The number of ether oxygens (including phenoxy) is 1. The number of rotatable bonds is 2. The van der Waals surface area contributed by atoms with Gasteiger partial charge in [0.05, 0.1) is 6.61 Å². The van der Waals surface area contributed by atoms with Gasteiger partial charge in [-0.1, -0.05) is 0 Å². The molecule has 5 heteroatoms. The lowest BCUT2D eigenvalue weighted by Gasteiger charge is -2.03. The predicted octanol–water partition coefficient (Wildman–Crippen LogP) is -1.20. The van der Waals surface area contributed by atoms with Gasteiger partial charge in [0, 0.05) is 19.1 Å². The van der Waals surface area contributed by atoms with Gasteiger partial charge in [0.25, 0.3) is 0 Å². The summed E-state index contributed by atoms with van der Waals surface area (Å²) >= 11 is 0. The van der Waals surface area contributed by atoms with Gasteiger partial charge in [0.2, 0.25) is 5.96 Å². The summed E-state index contributed by atoms with van der Waals surface area (Å²) in [6.45, 7) is 2.34. The van der Waals surface area contributed by atoms with E-state index < -0.39 is 0 Å². The van der Waals surface area contributed by atoms with Gasteiger partial charge in [-0.15, -0.1) is 0 Å². The normalized spacial score (nSPS) is 25.5. The average Bonchev–Trinajstić information content (AvgIpc) is 2.52. The summed E-state index contributed by atoms with van der Waals surface area (Å²) in [5.74, 6) is 5.82. The molecule has 5 nitrogen and oxygen atoms in total. The molecule has 11 heavy (non-hydrogen) atoms. The second-order valence-electron chi connectivity index (χ2n) is 2.60. The van der Waals surface area contributed by atoms with Crippen LogP contribution in [0.3, 0.4) is 0 Å². The molecule has 64 valence electrons. The van der Waals surface area contributed by atoms with Crippen molar-refractivity contribution in [3.05, 3.63) is 0 Å². The molecule has 1 atom stereocenters. The topological polar surface area (TPSA) is 85.7 Å². The Labute approximate surface area is 65.8 Å². The Balaban J connectivity index is 2.19. The Morgan fingerprint density at radius 2 is 2.55 bits per heavy atom. The van der Waals surface area contributed by atoms with E-state index in [1.54, 1.807) is 0 Å². The molecule has 0 bridgehead atoms. The zero-order valence-electron chi connectivity index (χ0n) is 6.42. The van der Waals surface area contributed by atoms with Crippen LogP contribution in [0.2, 0.25) is 0 Å². The van der Waals surface area contributed by atoms with E-state index in [2.05, 4.69) is 10.4 Å². The van der Waals surface area contributed by atoms with E-state index in [9.17, 15) is 0 Å². The Morgan fingerprint density at radius 1 is 1.73 bits per heavy atom. The van der Waals surface area contributed by atoms with Crippen molar-refractivity contribution in [1.82, 2.24) is 5.43 Å². The molecule has 1 fully saturated rings. The van der Waals surface area contributed by atoms with Crippen LogP contribution < -0.4 is 17.0 Å². The highest BCUT2D eigenvalue weighted by Crippen LogP contribution is 2.11. The third kappa shape index (κ3) is 2.73. The van der Waals surface area contributed by atoms with Crippen LogP contribution >= 0.6 is 0 Å². The molecular formula is C6H14N4O. The Morgan fingerprint density at radius 3 is 3.09 bits per heavy atom. The first-order valence-corrected chi connectivity index (χ1v) is 3.67. The molecule has 1 unspecified atom stereocenters. The maximum Gasteiger partial charge on any atom is 0.203 e. The maximum atomic E-state index is 5.32. The lowest BCUT2D eigenvalue weighted by atomic mass is 10.1. The number of hydrazine groups is 1. The van der Waals surface area contributed by atoms with Gasteiger partial charge >= 0.3 is 0 Å². The fraction of sp³-hybridized carbons (Fsp3) is 0.833. The van der Waals surface area contributed by atoms with Crippen molar-refractivity contribution < 1.29 is 4.74 Å². The minimum Gasteiger partial charge on any atom is -0.381 e. The summed E-state index contributed by atoms with van der Waals surface area (Å²) in [6, 6.07) is 0. The zero-order chi connectivity index (χ0) is 8.10. The third-order valence-electron chi connectivity index (χ3n) is 1.69. The molecule has 1 heterocycles. The van der Waals surface area contributed by atoms with Crippen molar-refractivity contribution in [2.24, 2.45) is 22.5 Å². The van der Waals surface area contributed by atoms with Crippen LogP contribution in [0.5, 0.6) is 0 Å². The molecule has 0 aliphatic carbocycles. The lowest BCUT2D eigenvalue weighted by molar-refractivity contribution is 0.187. The van der Waals surface area contributed by atoms with Crippen LogP contribution in [-0.4, -0.2) is 25.7 Å². The number of aliphatic imine (C=N–C) groups is 1. The second-order valence-corrected chi connectivity index (χ2v) is 2.60. The van der Waals surface area contributed by atoms with Gasteiger partial charge in [-0.25, -0.2) is 5.84 Å². The maximum absolute atomic E-state index is 5.32.